The molecule has 1 unspecified atom stereocenters. The number of amides is 2. The lowest BCUT2D eigenvalue weighted by Crippen LogP contribution is -2.45. The number of anilines is 1. The fourth-order valence-corrected chi connectivity index (χ4v) is 3.10. The van der Waals surface area contributed by atoms with Crippen molar-refractivity contribution in [3.8, 4) is 0 Å². The lowest BCUT2D eigenvalue weighted by Gasteiger charge is -2.21. The zero-order valence-electron chi connectivity index (χ0n) is 14.1. The molecule has 1 aromatic rings. The highest BCUT2D eigenvalue weighted by atomic mass is 16.3. The Bertz CT molecular complexity index is 582. The Labute approximate surface area is 137 Å². The quantitative estimate of drug-likeness (QED) is 0.813. The smallest absolute Gasteiger partial charge is 0.316 e. The summed E-state index contributed by atoms with van der Waals surface area (Å²) in [6, 6.07) is 5.96. The zero-order chi connectivity index (χ0) is 17.0. The number of fused-ring (bicyclic) bond motifs is 1. The predicted molar refractivity (Wildman–Crippen MR) is 90.3 cm³/mol. The van der Waals surface area contributed by atoms with Crippen molar-refractivity contribution >= 4 is 17.5 Å². The summed E-state index contributed by atoms with van der Waals surface area (Å²) in [6.45, 7) is 6.63. The second-order valence-electron chi connectivity index (χ2n) is 6.19. The lowest BCUT2D eigenvalue weighted by molar-refractivity contribution is -0.137. The van der Waals surface area contributed by atoms with Crippen molar-refractivity contribution in [3.05, 3.63) is 29.3 Å². The number of nitrogens with one attached hydrogen (secondary N) is 1. The molecular formula is C18H26N2O3. The average molecular weight is 318 g/mol. The Morgan fingerprint density at radius 1 is 1.30 bits per heavy atom. The van der Waals surface area contributed by atoms with Crippen LogP contribution in [0.1, 0.15) is 37.8 Å². The molecule has 1 aliphatic rings. The number of nitrogens with zero attached hydrogens (tertiary/aromatic N) is 1. The van der Waals surface area contributed by atoms with E-state index in [4.69, 9.17) is 0 Å². The van der Waals surface area contributed by atoms with Gasteiger partial charge >= 0.3 is 11.8 Å². The third-order valence-electron chi connectivity index (χ3n) is 4.64. The normalized spacial score (nSPS) is 14.7. The molecule has 0 saturated heterocycles. The topological polar surface area (TPSA) is 69.6 Å². The maximum Gasteiger partial charge on any atom is 0.316 e. The van der Waals surface area contributed by atoms with Crippen LogP contribution in [-0.4, -0.2) is 36.1 Å². The largest absolute Gasteiger partial charge is 0.391 e. The molecule has 1 atom stereocenters. The summed E-state index contributed by atoms with van der Waals surface area (Å²) >= 11 is 0. The highest BCUT2D eigenvalue weighted by molar-refractivity contribution is 6.40. The molecule has 2 N–H and O–H groups in total. The number of hydrogen-bond acceptors (Lipinski definition) is 3. The Hall–Kier alpha value is -1.88. The van der Waals surface area contributed by atoms with Gasteiger partial charge in [-0.1, -0.05) is 38.8 Å². The van der Waals surface area contributed by atoms with Crippen LogP contribution >= 0.6 is 0 Å². The molecule has 0 aliphatic carbocycles. The monoisotopic (exact) mass is 318 g/mol. The fourth-order valence-electron chi connectivity index (χ4n) is 3.10. The van der Waals surface area contributed by atoms with Gasteiger partial charge in [0.1, 0.15) is 0 Å². The van der Waals surface area contributed by atoms with Gasteiger partial charge in [-0.05, 0) is 36.5 Å². The molecule has 0 radical (unpaired) electrons. The lowest BCUT2D eigenvalue weighted by atomic mass is 9.96. The van der Waals surface area contributed by atoms with Gasteiger partial charge in [0.15, 0.2) is 0 Å². The van der Waals surface area contributed by atoms with Crippen LogP contribution in [0.3, 0.4) is 0 Å². The summed E-state index contributed by atoms with van der Waals surface area (Å²) in [6.07, 6.45) is 1.85. The molecule has 5 nitrogen and oxygen atoms in total. The summed E-state index contributed by atoms with van der Waals surface area (Å²) in [5.74, 6) is -1.06. The van der Waals surface area contributed by atoms with Crippen LogP contribution in [0.2, 0.25) is 0 Å². The zero-order valence-corrected chi connectivity index (χ0v) is 14.1. The first-order valence-electron chi connectivity index (χ1n) is 8.35. The molecule has 126 valence electrons. The van der Waals surface area contributed by atoms with Crippen LogP contribution < -0.4 is 10.2 Å². The van der Waals surface area contributed by atoms with Crippen LogP contribution in [0.4, 0.5) is 5.69 Å². The van der Waals surface area contributed by atoms with Gasteiger partial charge in [-0.25, -0.2) is 0 Å². The summed E-state index contributed by atoms with van der Waals surface area (Å²) in [4.78, 5) is 26.0. The predicted octanol–water partition coefficient (Wildman–Crippen LogP) is 1.80. The first-order valence-corrected chi connectivity index (χ1v) is 8.35. The number of carbonyl (C=O) groups is 2. The molecule has 0 saturated carbocycles. The average Bonchev–Trinajstić information content (AvgIpc) is 2.95. The van der Waals surface area contributed by atoms with Gasteiger partial charge < -0.3 is 15.3 Å². The van der Waals surface area contributed by atoms with Gasteiger partial charge in [0.25, 0.3) is 0 Å². The Morgan fingerprint density at radius 2 is 2.00 bits per heavy atom. The van der Waals surface area contributed by atoms with E-state index in [0.29, 0.717) is 6.54 Å². The number of carbonyl (C=O) groups excluding carboxylic acids is 2. The molecule has 0 bridgehead atoms. The Kier molecular flexibility index (Phi) is 5.77. The van der Waals surface area contributed by atoms with E-state index in [1.165, 1.54) is 4.90 Å². The van der Waals surface area contributed by atoms with Crippen LogP contribution in [0.5, 0.6) is 0 Å². The SMILES string of the molecule is CCC(CC)C(O)CNC(=O)C(=O)N1CCc2ccc(C)cc21. The molecule has 2 rings (SSSR count). The van der Waals surface area contributed by atoms with E-state index in [-0.39, 0.29) is 12.5 Å². The second-order valence-corrected chi connectivity index (χ2v) is 6.19. The number of hydrogen-bond donors (Lipinski definition) is 2. The van der Waals surface area contributed by atoms with E-state index in [1.807, 2.05) is 39.0 Å². The standard InChI is InChI=1S/C18H26N2O3/c1-4-13(5-2)16(21)11-19-17(22)18(23)20-9-8-14-7-6-12(3)10-15(14)20/h6-7,10,13,16,21H,4-5,8-9,11H2,1-3H3,(H,19,22). The molecule has 1 aliphatic heterocycles. The molecule has 0 spiro atoms. The van der Waals surface area contributed by atoms with Gasteiger partial charge in [-0.15, -0.1) is 0 Å². The van der Waals surface area contributed by atoms with E-state index in [9.17, 15) is 14.7 Å². The van der Waals surface area contributed by atoms with Crippen molar-refractivity contribution in [2.45, 2.75) is 46.1 Å². The Balaban J connectivity index is 1.97. The summed E-state index contributed by atoms with van der Waals surface area (Å²) in [7, 11) is 0. The van der Waals surface area contributed by atoms with Crippen LogP contribution in [0.25, 0.3) is 0 Å². The third kappa shape index (κ3) is 3.91. The molecule has 23 heavy (non-hydrogen) atoms. The van der Waals surface area contributed by atoms with Crippen molar-refractivity contribution < 1.29 is 14.7 Å². The summed E-state index contributed by atoms with van der Waals surface area (Å²) in [5.41, 5.74) is 2.98. The summed E-state index contributed by atoms with van der Waals surface area (Å²) in [5, 5.41) is 12.6. The van der Waals surface area contributed by atoms with E-state index in [2.05, 4.69) is 5.32 Å². The number of rotatable bonds is 5. The van der Waals surface area contributed by atoms with Crippen molar-refractivity contribution in [3.63, 3.8) is 0 Å². The molecule has 1 aromatic carbocycles. The molecule has 5 heteroatoms. The van der Waals surface area contributed by atoms with E-state index < -0.39 is 17.9 Å². The number of aliphatic hydroxyl groups excluding tert-OH is 1. The maximum absolute atomic E-state index is 12.4. The minimum Gasteiger partial charge on any atom is -0.391 e. The van der Waals surface area contributed by atoms with Crippen molar-refractivity contribution in [1.82, 2.24) is 5.32 Å². The van der Waals surface area contributed by atoms with Crippen LogP contribution in [0.15, 0.2) is 18.2 Å². The minimum absolute atomic E-state index is 0.117. The third-order valence-corrected chi connectivity index (χ3v) is 4.64. The van der Waals surface area contributed by atoms with Crippen LogP contribution in [0, 0.1) is 12.8 Å². The minimum atomic E-state index is -0.649. The van der Waals surface area contributed by atoms with E-state index in [0.717, 1.165) is 36.1 Å². The first kappa shape index (κ1) is 17.5. The molecule has 0 aromatic heterocycles. The second kappa shape index (κ2) is 7.59. The van der Waals surface area contributed by atoms with Gasteiger partial charge in [0.05, 0.1) is 6.10 Å². The number of aryl methyl sites for hydroxylation is 1. The van der Waals surface area contributed by atoms with E-state index in [1.54, 1.807) is 0 Å². The fraction of sp³-hybridized carbons (Fsp3) is 0.556. The van der Waals surface area contributed by atoms with Gasteiger partial charge in [0.2, 0.25) is 0 Å². The van der Waals surface area contributed by atoms with E-state index >= 15 is 0 Å². The molecule has 2 amide bonds. The number of benzene rings is 1. The van der Waals surface area contributed by atoms with Gasteiger partial charge in [-0.2, -0.15) is 0 Å². The molecule has 1 heterocycles. The summed E-state index contributed by atoms with van der Waals surface area (Å²) < 4.78 is 0. The Morgan fingerprint density at radius 3 is 2.65 bits per heavy atom. The highest BCUT2D eigenvalue weighted by Gasteiger charge is 2.29. The molecular weight excluding hydrogens is 292 g/mol. The first-order chi connectivity index (χ1) is 11.0. The maximum atomic E-state index is 12.4. The highest BCUT2D eigenvalue weighted by Crippen LogP contribution is 2.28. The number of aliphatic hydroxyl groups is 1. The van der Waals surface area contributed by atoms with Crippen LogP contribution in [-0.2, 0) is 16.0 Å². The van der Waals surface area contributed by atoms with Crippen molar-refractivity contribution in [1.29, 1.82) is 0 Å². The van der Waals surface area contributed by atoms with Gasteiger partial charge in [0, 0.05) is 18.8 Å². The van der Waals surface area contributed by atoms with Crippen molar-refractivity contribution in [2.75, 3.05) is 18.0 Å². The molecule has 0 fully saturated rings. The van der Waals surface area contributed by atoms with Crippen molar-refractivity contribution in [2.24, 2.45) is 5.92 Å². The van der Waals surface area contributed by atoms with Gasteiger partial charge in [-0.3, -0.25) is 9.59 Å².